The fourth-order valence-corrected chi connectivity index (χ4v) is 1.04. The lowest BCUT2D eigenvalue weighted by atomic mass is 10.4. The predicted molar refractivity (Wildman–Crippen MR) is 53.7 cm³/mol. The smallest absolute Gasteiger partial charge is 0.217 e. The van der Waals surface area contributed by atoms with Crippen LogP contribution in [0.2, 0.25) is 0 Å². The molecule has 0 fully saturated rings. The summed E-state index contributed by atoms with van der Waals surface area (Å²) in [5.41, 5.74) is 0. The summed E-state index contributed by atoms with van der Waals surface area (Å²) in [5.74, 6) is 0.0337. The van der Waals surface area contributed by atoms with Gasteiger partial charge in [0.15, 0.2) is 0 Å². The molecule has 1 N–H and O–H groups in total. The van der Waals surface area contributed by atoms with Gasteiger partial charge in [0.25, 0.3) is 0 Å². The average Bonchev–Trinajstić information content (AvgIpc) is 2.12. The molecule has 0 amide bonds. The van der Waals surface area contributed by atoms with Crippen molar-refractivity contribution in [2.24, 2.45) is 0 Å². The quantitative estimate of drug-likeness (QED) is 0.565. The number of hydrogen-bond acceptors (Lipinski definition) is 4. The first-order valence-corrected chi connectivity index (χ1v) is 4.54. The molecule has 1 rings (SSSR count). The first kappa shape index (κ1) is 10.8. The van der Waals surface area contributed by atoms with E-state index in [9.17, 15) is 4.39 Å². The molecule has 5 heteroatoms. The maximum absolute atomic E-state index is 12.6. The summed E-state index contributed by atoms with van der Waals surface area (Å²) in [5, 5.41) is 3.02. The summed E-state index contributed by atoms with van der Waals surface area (Å²) in [7, 11) is 4.04. The molecule has 0 radical (unpaired) electrons. The van der Waals surface area contributed by atoms with Crippen molar-refractivity contribution in [3.05, 3.63) is 18.3 Å². The van der Waals surface area contributed by atoms with Crippen LogP contribution < -0.4 is 5.32 Å². The second-order valence-electron chi connectivity index (χ2n) is 3.31. The van der Waals surface area contributed by atoms with Crippen LogP contribution >= 0.6 is 0 Å². The van der Waals surface area contributed by atoms with E-state index in [-0.39, 0.29) is 0 Å². The summed E-state index contributed by atoms with van der Waals surface area (Å²) in [6.45, 7) is 1.79. The number of rotatable bonds is 5. The predicted octanol–water partition coefficient (Wildman–Crippen LogP) is 0.979. The topological polar surface area (TPSA) is 41.0 Å². The molecule has 0 unspecified atom stereocenters. The van der Waals surface area contributed by atoms with Crippen molar-refractivity contribution in [2.75, 3.05) is 32.5 Å². The van der Waals surface area contributed by atoms with Gasteiger partial charge in [-0.05, 0) is 27.1 Å². The Balaban J connectivity index is 2.25. The van der Waals surface area contributed by atoms with Crippen LogP contribution in [0.15, 0.2) is 12.4 Å². The second-order valence-corrected chi connectivity index (χ2v) is 3.31. The Morgan fingerprint density at radius 3 is 2.86 bits per heavy atom. The normalized spacial score (nSPS) is 10.6. The summed E-state index contributed by atoms with van der Waals surface area (Å²) < 4.78 is 12.6. The molecule has 0 aliphatic heterocycles. The van der Waals surface area contributed by atoms with Crippen molar-refractivity contribution >= 4 is 5.82 Å². The van der Waals surface area contributed by atoms with Crippen LogP contribution in [-0.2, 0) is 0 Å². The van der Waals surface area contributed by atoms with E-state index >= 15 is 0 Å². The molecule has 4 nitrogen and oxygen atoms in total. The van der Waals surface area contributed by atoms with Gasteiger partial charge in [0.1, 0.15) is 12.1 Å². The first-order valence-electron chi connectivity index (χ1n) is 4.54. The van der Waals surface area contributed by atoms with Crippen LogP contribution in [0.4, 0.5) is 10.2 Å². The number of anilines is 1. The van der Waals surface area contributed by atoms with Gasteiger partial charge in [0.05, 0.1) is 0 Å². The van der Waals surface area contributed by atoms with Gasteiger partial charge in [-0.25, -0.2) is 9.97 Å². The summed E-state index contributed by atoms with van der Waals surface area (Å²) >= 11 is 0. The van der Waals surface area contributed by atoms with Crippen molar-refractivity contribution in [3.8, 4) is 0 Å². The highest BCUT2D eigenvalue weighted by atomic mass is 19.1. The molecule has 14 heavy (non-hydrogen) atoms. The van der Waals surface area contributed by atoms with E-state index < -0.39 is 5.95 Å². The Hall–Kier alpha value is -1.23. The lowest BCUT2D eigenvalue weighted by Gasteiger charge is -2.09. The minimum absolute atomic E-state index is 0.505. The third-order valence-electron chi connectivity index (χ3n) is 1.72. The van der Waals surface area contributed by atoms with Gasteiger partial charge in [-0.15, -0.1) is 0 Å². The highest BCUT2D eigenvalue weighted by molar-refractivity contribution is 5.31. The third-order valence-corrected chi connectivity index (χ3v) is 1.72. The van der Waals surface area contributed by atoms with Gasteiger partial charge in [-0.2, -0.15) is 4.39 Å². The average molecular weight is 198 g/mol. The number of hydrogen-bond donors (Lipinski definition) is 1. The maximum atomic E-state index is 12.6. The van der Waals surface area contributed by atoms with E-state index in [0.717, 1.165) is 19.5 Å². The largest absolute Gasteiger partial charge is 0.370 e. The van der Waals surface area contributed by atoms with Gasteiger partial charge in [-0.1, -0.05) is 0 Å². The molecule has 0 aliphatic rings. The van der Waals surface area contributed by atoms with E-state index in [1.807, 2.05) is 14.1 Å². The highest BCUT2D eigenvalue weighted by Gasteiger charge is 1.96. The number of aromatic nitrogens is 2. The van der Waals surface area contributed by atoms with Gasteiger partial charge in [-0.3, -0.25) is 0 Å². The van der Waals surface area contributed by atoms with Crippen LogP contribution in [-0.4, -0.2) is 42.1 Å². The third kappa shape index (κ3) is 4.13. The van der Waals surface area contributed by atoms with E-state index in [1.165, 1.54) is 12.4 Å². The minimum Gasteiger partial charge on any atom is -0.370 e. The van der Waals surface area contributed by atoms with Crippen molar-refractivity contribution in [2.45, 2.75) is 6.42 Å². The zero-order valence-corrected chi connectivity index (χ0v) is 8.50. The second kappa shape index (κ2) is 5.49. The van der Waals surface area contributed by atoms with Gasteiger partial charge < -0.3 is 10.2 Å². The Kier molecular flexibility index (Phi) is 4.25. The van der Waals surface area contributed by atoms with Crippen LogP contribution in [0.5, 0.6) is 0 Å². The van der Waals surface area contributed by atoms with Crippen molar-refractivity contribution < 1.29 is 4.39 Å². The maximum Gasteiger partial charge on any atom is 0.217 e. The molecule has 1 aromatic heterocycles. The molecule has 0 aromatic carbocycles. The summed E-state index contributed by atoms with van der Waals surface area (Å²) in [4.78, 5) is 9.35. The molecular formula is C9H15FN4. The minimum atomic E-state index is -0.505. The number of halogens is 1. The molecule has 78 valence electrons. The first-order chi connectivity index (χ1) is 6.68. The Morgan fingerprint density at radius 2 is 2.21 bits per heavy atom. The Labute approximate surface area is 83.2 Å². The van der Waals surface area contributed by atoms with Crippen molar-refractivity contribution in [1.82, 2.24) is 14.9 Å². The van der Waals surface area contributed by atoms with Crippen LogP contribution in [0.1, 0.15) is 6.42 Å². The molecule has 0 spiro atoms. The fraction of sp³-hybridized carbons (Fsp3) is 0.556. The molecule has 1 aromatic rings. The SMILES string of the molecule is CN(C)CCCNc1cc(F)ncn1. The lowest BCUT2D eigenvalue weighted by Crippen LogP contribution is -2.16. The molecule has 0 atom stereocenters. The zero-order valence-electron chi connectivity index (χ0n) is 8.50. The van der Waals surface area contributed by atoms with E-state index in [2.05, 4.69) is 20.2 Å². The number of nitrogens with zero attached hydrogens (tertiary/aromatic N) is 3. The molecule has 1 heterocycles. The standard InChI is InChI=1S/C9H15FN4/c1-14(2)5-3-4-11-9-6-8(10)12-7-13-9/h6-7H,3-5H2,1-2H3,(H,11,12,13). The monoisotopic (exact) mass is 198 g/mol. The molecule has 0 aliphatic carbocycles. The summed E-state index contributed by atoms with van der Waals surface area (Å²) in [6.07, 6.45) is 2.21. The molecule has 0 bridgehead atoms. The van der Waals surface area contributed by atoms with Gasteiger partial charge in [0.2, 0.25) is 5.95 Å². The van der Waals surface area contributed by atoms with Crippen molar-refractivity contribution in [1.29, 1.82) is 0 Å². The molecule has 0 saturated carbocycles. The molecular weight excluding hydrogens is 183 g/mol. The highest BCUT2D eigenvalue weighted by Crippen LogP contribution is 2.01. The van der Waals surface area contributed by atoms with E-state index in [0.29, 0.717) is 5.82 Å². The Bertz CT molecular complexity index is 277. The van der Waals surface area contributed by atoms with E-state index in [1.54, 1.807) is 0 Å². The van der Waals surface area contributed by atoms with E-state index in [4.69, 9.17) is 0 Å². The fourth-order valence-electron chi connectivity index (χ4n) is 1.04. The van der Waals surface area contributed by atoms with Crippen LogP contribution in [0, 0.1) is 5.95 Å². The van der Waals surface area contributed by atoms with Crippen molar-refractivity contribution in [3.63, 3.8) is 0 Å². The number of nitrogens with one attached hydrogen (secondary N) is 1. The van der Waals surface area contributed by atoms with Crippen LogP contribution in [0.3, 0.4) is 0 Å². The van der Waals surface area contributed by atoms with Gasteiger partial charge >= 0.3 is 0 Å². The Morgan fingerprint density at radius 1 is 1.43 bits per heavy atom. The van der Waals surface area contributed by atoms with Gasteiger partial charge in [0, 0.05) is 12.6 Å². The van der Waals surface area contributed by atoms with Crippen LogP contribution in [0.25, 0.3) is 0 Å². The lowest BCUT2D eigenvalue weighted by molar-refractivity contribution is 0.405. The molecule has 0 saturated heterocycles. The zero-order chi connectivity index (χ0) is 10.4. The summed E-state index contributed by atoms with van der Waals surface area (Å²) in [6, 6.07) is 1.29.